The van der Waals surface area contributed by atoms with Crippen LogP contribution in [0.4, 0.5) is 0 Å². The molecule has 1 aliphatic carbocycles. The molecule has 0 spiro atoms. The van der Waals surface area contributed by atoms with Crippen LogP contribution >= 0.6 is 11.8 Å². The molecule has 0 radical (unpaired) electrons. The quantitative estimate of drug-likeness (QED) is 0.756. The van der Waals surface area contributed by atoms with Crippen molar-refractivity contribution < 1.29 is 0 Å². The lowest BCUT2D eigenvalue weighted by Crippen LogP contribution is -2.40. The Morgan fingerprint density at radius 3 is 2.79 bits per heavy atom. The lowest BCUT2D eigenvalue weighted by atomic mass is 9.79. The minimum absolute atomic E-state index is 0.762. The summed E-state index contributed by atoms with van der Waals surface area (Å²) in [4.78, 5) is 0. The molecule has 0 aromatic rings. The zero-order valence-corrected chi connectivity index (χ0v) is 10.7. The molecule has 0 aromatic heterocycles. The first-order valence-electron chi connectivity index (χ1n) is 6.00. The van der Waals surface area contributed by atoms with E-state index in [1.807, 2.05) is 11.8 Å². The van der Waals surface area contributed by atoms with E-state index in [1.165, 1.54) is 31.4 Å². The smallest absolute Gasteiger partial charge is 0.0186 e. The number of thioether (sulfide) groups is 1. The molecule has 14 heavy (non-hydrogen) atoms. The molecule has 0 saturated heterocycles. The van der Waals surface area contributed by atoms with E-state index in [0.717, 1.165) is 24.4 Å². The Hall–Kier alpha value is 0.310. The van der Waals surface area contributed by atoms with Gasteiger partial charge in [-0.1, -0.05) is 26.7 Å². The summed E-state index contributed by atoms with van der Waals surface area (Å²) in [5.74, 6) is 3.17. The van der Waals surface area contributed by atoms with Gasteiger partial charge in [-0.3, -0.25) is 0 Å². The normalized spacial score (nSPS) is 30.2. The first-order chi connectivity index (χ1) is 6.77. The average molecular weight is 215 g/mol. The molecule has 0 heterocycles. The van der Waals surface area contributed by atoms with E-state index in [4.69, 9.17) is 0 Å². The number of nitrogens with one attached hydrogen (secondary N) is 1. The predicted molar refractivity (Wildman–Crippen MR) is 67.0 cm³/mol. The van der Waals surface area contributed by atoms with Gasteiger partial charge < -0.3 is 5.32 Å². The minimum atomic E-state index is 0.762. The topological polar surface area (TPSA) is 12.0 Å². The van der Waals surface area contributed by atoms with Gasteiger partial charge in [-0.2, -0.15) is 11.8 Å². The van der Waals surface area contributed by atoms with Gasteiger partial charge in [0.1, 0.15) is 0 Å². The van der Waals surface area contributed by atoms with Crippen molar-refractivity contribution in [1.82, 2.24) is 5.32 Å². The molecule has 2 heteroatoms. The van der Waals surface area contributed by atoms with E-state index in [0.29, 0.717) is 0 Å². The second-order valence-electron chi connectivity index (χ2n) is 4.65. The molecule has 1 saturated carbocycles. The lowest BCUT2D eigenvalue weighted by molar-refractivity contribution is 0.235. The summed E-state index contributed by atoms with van der Waals surface area (Å²) >= 11 is 1.98. The molecule has 0 aromatic carbocycles. The van der Waals surface area contributed by atoms with Crippen LogP contribution in [0.25, 0.3) is 0 Å². The summed E-state index contributed by atoms with van der Waals surface area (Å²) in [6.45, 7) is 5.75. The Morgan fingerprint density at radius 2 is 2.21 bits per heavy atom. The van der Waals surface area contributed by atoms with E-state index < -0.39 is 0 Å². The van der Waals surface area contributed by atoms with Gasteiger partial charge in [0.15, 0.2) is 0 Å². The first kappa shape index (κ1) is 12.4. The summed E-state index contributed by atoms with van der Waals surface area (Å²) in [6.07, 6.45) is 8.01. The molecule has 84 valence electrons. The van der Waals surface area contributed by atoms with E-state index in [2.05, 4.69) is 25.4 Å². The molecule has 3 unspecified atom stereocenters. The van der Waals surface area contributed by atoms with Crippen LogP contribution in [-0.2, 0) is 0 Å². The highest BCUT2D eigenvalue weighted by molar-refractivity contribution is 7.98. The molecule has 1 rings (SSSR count). The van der Waals surface area contributed by atoms with Crippen LogP contribution in [0.3, 0.4) is 0 Å². The molecular weight excluding hydrogens is 190 g/mol. The van der Waals surface area contributed by atoms with Gasteiger partial charge in [0.05, 0.1) is 0 Å². The Labute approximate surface area is 93.4 Å². The zero-order chi connectivity index (χ0) is 10.4. The van der Waals surface area contributed by atoms with Crippen molar-refractivity contribution in [3.63, 3.8) is 0 Å². The van der Waals surface area contributed by atoms with E-state index in [9.17, 15) is 0 Å². The van der Waals surface area contributed by atoms with Crippen molar-refractivity contribution >= 4 is 11.8 Å². The van der Waals surface area contributed by atoms with Gasteiger partial charge in [-0.15, -0.1) is 0 Å². The van der Waals surface area contributed by atoms with Crippen molar-refractivity contribution in [3.05, 3.63) is 0 Å². The number of hydrogen-bond acceptors (Lipinski definition) is 2. The summed E-state index contributed by atoms with van der Waals surface area (Å²) in [6, 6.07) is 0.762. The van der Waals surface area contributed by atoms with E-state index >= 15 is 0 Å². The maximum absolute atomic E-state index is 3.65. The summed E-state index contributed by atoms with van der Waals surface area (Å²) in [7, 11) is 0. The Kier molecular flexibility index (Phi) is 5.95. The second-order valence-corrected chi connectivity index (χ2v) is 5.56. The second kappa shape index (κ2) is 6.73. The van der Waals surface area contributed by atoms with E-state index in [-0.39, 0.29) is 0 Å². The Bertz CT molecular complexity index is 141. The third-order valence-corrected chi connectivity index (χ3v) is 4.05. The lowest BCUT2D eigenvalue weighted by Gasteiger charge is -2.33. The van der Waals surface area contributed by atoms with Gasteiger partial charge in [-0.05, 0) is 37.5 Å². The Balaban J connectivity index is 2.39. The minimum Gasteiger partial charge on any atom is -0.313 e. The maximum Gasteiger partial charge on any atom is 0.0186 e. The standard InChI is InChI=1S/C12H25NS/c1-4-13-12(9-14-3)11-7-5-6-10(2)8-11/h10-13H,4-9H2,1-3H3. The molecule has 3 atom stereocenters. The van der Waals surface area contributed by atoms with Gasteiger partial charge in [0.25, 0.3) is 0 Å². The molecule has 0 aliphatic heterocycles. The van der Waals surface area contributed by atoms with Crippen molar-refractivity contribution in [2.24, 2.45) is 11.8 Å². The van der Waals surface area contributed by atoms with Gasteiger partial charge in [-0.25, -0.2) is 0 Å². The van der Waals surface area contributed by atoms with Crippen molar-refractivity contribution in [1.29, 1.82) is 0 Å². The average Bonchev–Trinajstić information content (AvgIpc) is 2.17. The molecular formula is C12H25NS. The van der Waals surface area contributed by atoms with Crippen LogP contribution < -0.4 is 5.32 Å². The first-order valence-corrected chi connectivity index (χ1v) is 7.39. The highest BCUT2D eigenvalue weighted by Gasteiger charge is 2.25. The van der Waals surface area contributed by atoms with Crippen molar-refractivity contribution in [2.45, 2.75) is 45.6 Å². The largest absolute Gasteiger partial charge is 0.313 e. The van der Waals surface area contributed by atoms with Gasteiger partial charge >= 0.3 is 0 Å². The van der Waals surface area contributed by atoms with Crippen LogP contribution in [0.5, 0.6) is 0 Å². The molecule has 1 nitrogen and oxygen atoms in total. The highest BCUT2D eigenvalue weighted by Crippen LogP contribution is 2.31. The van der Waals surface area contributed by atoms with E-state index in [1.54, 1.807) is 0 Å². The fourth-order valence-corrected chi connectivity index (χ4v) is 3.40. The number of hydrogen-bond donors (Lipinski definition) is 1. The fraction of sp³-hybridized carbons (Fsp3) is 1.00. The van der Waals surface area contributed by atoms with Crippen LogP contribution in [0.1, 0.15) is 39.5 Å². The Morgan fingerprint density at radius 1 is 1.43 bits per heavy atom. The highest BCUT2D eigenvalue weighted by atomic mass is 32.2. The zero-order valence-electron chi connectivity index (χ0n) is 9.88. The summed E-state index contributed by atoms with van der Waals surface area (Å²) in [5, 5.41) is 3.65. The molecule has 1 aliphatic rings. The molecule has 0 bridgehead atoms. The maximum atomic E-state index is 3.65. The van der Waals surface area contributed by atoms with Crippen molar-refractivity contribution in [3.8, 4) is 0 Å². The monoisotopic (exact) mass is 215 g/mol. The van der Waals surface area contributed by atoms with Gasteiger partial charge in [0.2, 0.25) is 0 Å². The fourth-order valence-electron chi connectivity index (χ4n) is 2.65. The van der Waals surface area contributed by atoms with Crippen LogP contribution in [0, 0.1) is 11.8 Å². The number of rotatable bonds is 5. The summed E-state index contributed by atoms with van der Waals surface area (Å²) < 4.78 is 0. The van der Waals surface area contributed by atoms with Crippen LogP contribution in [0.2, 0.25) is 0 Å². The van der Waals surface area contributed by atoms with Crippen LogP contribution in [0.15, 0.2) is 0 Å². The predicted octanol–water partition coefficient (Wildman–Crippen LogP) is 3.15. The molecule has 1 N–H and O–H groups in total. The third-order valence-electron chi connectivity index (χ3n) is 3.36. The SMILES string of the molecule is CCNC(CSC)C1CCCC(C)C1. The molecule has 1 fully saturated rings. The third kappa shape index (κ3) is 3.82. The van der Waals surface area contributed by atoms with Crippen LogP contribution in [-0.4, -0.2) is 24.6 Å². The molecule has 0 amide bonds. The van der Waals surface area contributed by atoms with Crippen molar-refractivity contribution in [2.75, 3.05) is 18.6 Å². The summed E-state index contributed by atoms with van der Waals surface area (Å²) in [5.41, 5.74) is 0. The van der Waals surface area contributed by atoms with Gasteiger partial charge in [0, 0.05) is 11.8 Å².